The molecular formula is C15H18N4. The fourth-order valence-electron chi connectivity index (χ4n) is 2.76. The Bertz CT molecular complexity index is 594. The highest BCUT2D eigenvalue weighted by Gasteiger charge is 2.20. The molecule has 4 heteroatoms. The molecule has 2 aromatic rings. The zero-order chi connectivity index (χ0) is 13.2. The first-order chi connectivity index (χ1) is 9.31. The molecular weight excluding hydrogens is 236 g/mol. The molecule has 0 saturated heterocycles. The van der Waals surface area contributed by atoms with Gasteiger partial charge in [0.05, 0.1) is 0 Å². The summed E-state index contributed by atoms with van der Waals surface area (Å²) in [5.41, 5.74) is 10.6. The van der Waals surface area contributed by atoms with Crippen LogP contribution in [-0.2, 0) is 19.4 Å². The zero-order valence-corrected chi connectivity index (χ0v) is 11.1. The fraction of sp³-hybridized carbons (Fsp3) is 0.333. The van der Waals surface area contributed by atoms with Crippen molar-refractivity contribution in [2.45, 2.75) is 25.8 Å². The average molecular weight is 254 g/mol. The van der Waals surface area contributed by atoms with Gasteiger partial charge in [-0.25, -0.2) is 9.97 Å². The van der Waals surface area contributed by atoms with E-state index in [-0.39, 0.29) is 0 Å². The molecule has 0 aliphatic heterocycles. The van der Waals surface area contributed by atoms with E-state index in [9.17, 15) is 0 Å². The number of fused-ring (bicyclic) bond motifs is 1. The van der Waals surface area contributed by atoms with Crippen LogP contribution < -0.4 is 10.6 Å². The summed E-state index contributed by atoms with van der Waals surface area (Å²) in [6.07, 6.45) is 4.98. The Morgan fingerprint density at radius 3 is 2.89 bits per heavy atom. The molecule has 0 amide bonds. The molecule has 0 spiro atoms. The largest absolute Gasteiger partial charge is 0.329 e. The third-order valence-corrected chi connectivity index (χ3v) is 3.74. The van der Waals surface area contributed by atoms with Crippen LogP contribution in [0.5, 0.6) is 0 Å². The highest BCUT2D eigenvalue weighted by molar-refractivity contribution is 5.66. The molecule has 0 fully saturated rings. The molecule has 2 N–H and O–H groups in total. The van der Waals surface area contributed by atoms with Gasteiger partial charge in [-0.05, 0) is 30.9 Å². The summed E-state index contributed by atoms with van der Waals surface area (Å²) < 4.78 is 0. The SMILES string of the molecule is CN(c1ccccc1CN)c1ncnc2c1CCC2. The van der Waals surface area contributed by atoms with E-state index in [0.717, 1.165) is 29.9 Å². The van der Waals surface area contributed by atoms with E-state index in [1.54, 1.807) is 6.33 Å². The van der Waals surface area contributed by atoms with Crippen molar-refractivity contribution >= 4 is 11.5 Å². The molecule has 0 atom stereocenters. The molecule has 0 unspecified atom stereocenters. The summed E-state index contributed by atoms with van der Waals surface area (Å²) >= 11 is 0. The molecule has 1 heterocycles. The van der Waals surface area contributed by atoms with Gasteiger partial charge >= 0.3 is 0 Å². The monoisotopic (exact) mass is 254 g/mol. The Balaban J connectivity index is 2.05. The van der Waals surface area contributed by atoms with Crippen molar-refractivity contribution in [3.63, 3.8) is 0 Å². The second kappa shape index (κ2) is 4.97. The smallest absolute Gasteiger partial charge is 0.139 e. The molecule has 0 radical (unpaired) electrons. The number of aryl methyl sites for hydroxylation is 1. The number of benzene rings is 1. The lowest BCUT2D eigenvalue weighted by molar-refractivity contribution is 0.899. The van der Waals surface area contributed by atoms with Gasteiger partial charge in [-0.2, -0.15) is 0 Å². The van der Waals surface area contributed by atoms with Crippen molar-refractivity contribution in [2.75, 3.05) is 11.9 Å². The Kier molecular flexibility index (Phi) is 3.17. The van der Waals surface area contributed by atoms with Crippen LogP contribution in [0, 0.1) is 0 Å². The number of hydrogen-bond donors (Lipinski definition) is 1. The normalized spacial score (nSPS) is 13.4. The van der Waals surface area contributed by atoms with Crippen molar-refractivity contribution in [1.29, 1.82) is 0 Å². The minimum absolute atomic E-state index is 0.536. The number of nitrogens with two attached hydrogens (primary N) is 1. The summed E-state index contributed by atoms with van der Waals surface area (Å²) in [5.74, 6) is 1.02. The summed E-state index contributed by atoms with van der Waals surface area (Å²) in [6, 6.07) is 8.20. The topological polar surface area (TPSA) is 55.0 Å². The zero-order valence-electron chi connectivity index (χ0n) is 11.1. The van der Waals surface area contributed by atoms with Gasteiger partial charge in [-0.3, -0.25) is 0 Å². The lowest BCUT2D eigenvalue weighted by atomic mass is 10.1. The number of rotatable bonds is 3. The van der Waals surface area contributed by atoms with Gasteiger partial charge in [-0.1, -0.05) is 18.2 Å². The molecule has 1 aromatic heterocycles. The molecule has 1 aliphatic carbocycles. The van der Waals surface area contributed by atoms with Crippen LogP contribution in [0.25, 0.3) is 0 Å². The van der Waals surface area contributed by atoms with Crippen molar-refractivity contribution in [3.8, 4) is 0 Å². The molecule has 0 bridgehead atoms. The molecule has 1 aromatic carbocycles. The van der Waals surface area contributed by atoms with Gasteiger partial charge in [0.2, 0.25) is 0 Å². The van der Waals surface area contributed by atoms with Crippen LogP contribution in [0.1, 0.15) is 23.2 Å². The van der Waals surface area contributed by atoms with E-state index in [1.807, 2.05) is 12.1 Å². The molecule has 98 valence electrons. The Hall–Kier alpha value is -1.94. The highest BCUT2D eigenvalue weighted by atomic mass is 15.2. The maximum atomic E-state index is 5.82. The predicted molar refractivity (Wildman–Crippen MR) is 76.5 cm³/mol. The van der Waals surface area contributed by atoms with Crippen LogP contribution >= 0.6 is 0 Å². The van der Waals surface area contributed by atoms with E-state index < -0.39 is 0 Å². The van der Waals surface area contributed by atoms with Gasteiger partial charge in [0.15, 0.2) is 0 Å². The van der Waals surface area contributed by atoms with Crippen molar-refractivity contribution in [2.24, 2.45) is 5.73 Å². The van der Waals surface area contributed by atoms with E-state index in [1.165, 1.54) is 17.7 Å². The number of nitrogens with zero attached hydrogens (tertiary/aromatic N) is 3. The van der Waals surface area contributed by atoms with Crippen molar-refractivity contribution < 1.29 is 0 Å². The molecule has 3 rings (SSSR count). The van der Waals surface area contributed by atoms with Gasteiger partial charge in [0.25, 0.3) is 0 Å². The number of hydrogen-bond acceptors (Lipinski definition) is 4. The van der Waals surface area contributed by atoms with Gasteiger partial charge in [-0.15, -0.1) is 0 Å². The quantitative estimate of drug-likeness (QED) is 0.912. The fourth-order valence-corrected chi connectivity index (χ4v) is 2.76. The lowest BCUT2D eigenvalue weighted by Gasteiger charge is -2.23. The Morgan fingerprint density at radius 1 is 1.21 bits per heavy atom. The summed E-state index contributed by atoms with van der Waals surface area (Å²) in [4.78, 5) is 11.0. The average Bonchev–Trinajstić information content (AvgIpc) is 2.94. The molecule has 19 heavy (non-hydrogen) atoms. The van der Waals surface area contributed by atoms with Crippen molar-refractivity contribution in [3.05, 3.63) is 47.4 Å². The second-order valence-electron chi connectivity index (χ2n) is 4.87. The second-order valence-corrected chi connectivity index (χ2v) is 4.87. The molecule has 0 saturated carbocycles. The number of anilines is 2. The van der Waals surface area contributed by atoms with E-state index >= 15 is 0 Å². The Labute approximate surface area is 113 Å². The van der Waals surface area contributed by atoms with Gasteiger partial charge < -0.3 is 10.6 Å². The third kappa shape index (κ3) is 2.08. The minimum Gasteiger partial charge on any atom is -0.329 e. The number of aromatic nitrogens is 2. The van der Waals surface area contributed by atoms with Crippen LogP contribution in [0.2, 0.25) is 0 Å². The minimum atomic E-state index is 0.536. The van der Waals surface area contributed by atoms with E-state index in [2.05, 4.69) is 34.0 Å². The van der Waals surface area contributed by atoms with Crippen LogP contribution in [-0.4, -0.2) is 17.0 Å². The molecule has 4 nitrogen and oxygen atoms in total. The van der Waals surface area contributed by atoms with Crippen molar-refractivity contribution in [1.82, 2.24) is 9.97 Å². The first-order valence-electron chi connectivity index (χ1n) is 6.65. The maximum absolute atomic E-state index is 5.82. The lowest BCUT2D eigenvalue weighted by Crippen LogP contribution is -2.16. The predicted octanol–water partition coefficient (Wildman–Crippen LogP) is 2.19. The van der Waals surface area contributed by atoms with E-state index in [4.69, 9.17) is 5.73 Å². The van der Waals surface area contributed by atoms with Crippen LogP contribution in [0.15, 0.2) is 30.6 Å². The van der Waals surface area contributed by atoms with Gasteiger partial charge in [0, 0.05) is 30.5 Å². The standard InChI is InChI=1S/C15H18N4/c1-19(14-8-3-2-5-11(14)9-16)15-12-6-4-7-13(12)17-10-18-15/h2-3,5,8,10H,4,6-7,9,16H2,1H3. The number of para-hydroxylation sites is 1. The molecule has 1 aliphatic rings. The first kappa shape index (κ1) is 12.1. The van der Waals surface area contributed by atoms with Crippen LogP contribution in [0.3, 0.4) is 0 Å². The maximum Gasteiger partial charge on any atom is 0.139 e. The third-order valence-electron chi connectivity index (χ3n) is 3.74. The first-order valence-corrected chi connectivity index (χ1v) is 6.65. The Morgan fingerprint density at radius 2 is 2.05 bits per heavy atom. The summed E-state index contributed by atoms with van der Waals surface area (Å²) in [6.45, 7) is 0.536. The van der Waals surface area contributed by atoms with E-state index in [0.29, 0.717) is 6.54 Å². The van der Waals surface area contributed by atoms with Gasteiger partial charge in [0.1, 0.15) is 12.1 Å². The van der Waals surface area contributed by atoms with Crippen LogP contribution in [0.4, 0.5) is 11.5 Å². The highest BCUT2D eigenvalue weighted by Crippen LogP contribution is 2.32. The summed E-state index contributed by atoms with van der Waals surface area (Å²) in [7, 11) is 2.05. The summed E-state index contributed by atoms with van der Waals surface area (Å²) in [5, 5.41) is 0.